The first-order chi connectivity index (χ1) is 18.1. The third kappa shape index (κ3) is 6.92. The van der Waals surface area contributed by atoms with Gasteiger partial charge in [-0.05, 0) is 72.0 Å². The third-order valence-corrected chi connectivity index (χ3v) is 6.84. The van der Waals surface area contributed by atoms with Crippen molar-refractivity contribution in [1.29, 1.82) is 0 Å². The summed E-state index contributed by atoms with van der Waals surface area (Å²) >= 11 is 13.7. The number of ether oxygens (including phenoxy) is 2. The predicted octanol–water partition coefficient (Wildman–Crippen LogP) is 8.48. The van der Waals surface area contributed by atoms with Crippen molar-refractivity contribution in [2.75, 3.05) is 12.0 Å². The molecular formula is C29H27Cl2N3O3S. The Balaban J connectivity index is 1.43. The number of carbonyl (C=O) groups excluding carboxylic acids is 1. The summed E-state index contributed by atoms with van der Waals surface area (Å²) in [5.74, 6) is 0.339. The molecule has 0 spiro atoms. The van der Waals surface area contributed by atoms with Crippen molar-refractivity contribution < 1.29 is 14.3 Å². The number of rotatable bonds is 8. The van der Waals surface area contributed by atoms with Crippen LogP contribution in [0.5, 0.6) is 11.5 Å². The molecule has 196 valence electrons. The van der Waals surface area contributed by atoms with Crippen molar-refractivity contribution in [1.82, 2.24) is 4.98 Å². The number of hydrogen-bond acceptors (Lipinski definition) is 7. The molecule has 0 aliphatic rings. The summed E-state index contributed by atoms with van der Waals surface area (Å²) in [5.41, 5.74) is 6.83. The van der Waals surface area contributed by atoms with Crippen LogP contribution >= 0.6 is 34.5 Å². The second-order valence-corrected chi connectivity index (χ2v) is 11.1. The van der Waals surface area contributed by atoms with Crippen LogP contribution < -0.4 is 14.9 Å². The fraction of sp³-hybridized carbons (Fsp3) is 0.207. The Morgan fingerprint density at radius 1 is 1.05 bits per heavy atom. The number of carbonyl (C=O) groups is 1. The number of esters is 1. The minimum absolute atomic E-state index is 0.00306. The first-order valence-corrected chi connectivity index (χ1v) is 13.6. The van der Waals surface area contributed by atoms with Crippen LogP contribution in [0.25, 0.3) is 11.3 Å². The lowest BCUT2D eigenvalue weighted by molar-refractivity contribution is 0.0728. The lowest BCUT2D eigenvalue weighted by atomic mass is 9.87. The van der Waals surface area contributed by atoms with Crippen molar-refractivity contribution in [2.45, 2.75) is 33.1 Å². The van der Waals surface area contributed by atoms with Gasteiger partial charge in [0.25, 0.3) is 0 Å². The maximum atomic E-state index is 12.8. The molecule has 4 aromatic rings. The highest BCUT2D eigenvalue weighted by Gasteiger charge is 2.17. The number of hydrazone groups is 1. The van der Waals surface area contributed by atoms with Gasteiger partial charge in [0.15, 0.2) is 11.5 Å². The Morgan fingerprint density at radius 3 is 2.50 bits per heavy atom. The number of thiazole rings is 1. The van der Waals surface area contributed by atoms with Crippen LogP contribution in [0.1, 0.15) is 49.2 Å². The third-order valence-electron chi connectivity index (χ3n) is 5.54. The Hall–Kier alpha value is -3.39. The molecule has 0 aliphatic heterocycles. The monoisotopic (exact) mass is 567 g/mol. The fourth-order valence-electron chi connectivity index (χ4n) is 3.53. The Labute approximate surface area is 236 Å². The molecule has 0 saturated heterocycles. The number of hydrogen-bond donors (Lipinski definition) is 1. The predicted molar refractivity (Wildman–Crippen MR) is 156 cm³/mol. The van der Waals surface area contributed by atoms with E-state index in [-0.39, 0.29) is 5.41 Å². The largest absolute Gasteiger partial charge is 0.490 e. The van der Waals surface area contributed by atoms with Crippen LogP contribution in [-0.4, -0.2) is 23.8 Å². The summed E-state index contributed by atoms with van der Waals surface area (Å²) in [5, 5.41) is 7.87. The van der Waals surface area contributed by atoms with Gasteiger partial charge in [-0.25, -0.2) is 9.78 Å². The van der Waals surface area contributed by atoms with Gasteiger partial charge < -0.3 is 9.47 Å². The molecule has 0 aliphatic carbocycles. The lowest BCUT2D eigenvalue weighted by Crippen LogP contribution is -2.13. The zero-order valence-corrected chi connectivity index (χ0v) is 23.7. The minimum Gasteiger partial charge on any atom is -0.490 e. The van der Waals surface area contributed by atoms with Crippen LogP contribution in [0, 0.1) is 0 Å². The molecule has 1 heterocycles. The molecule has 0 atom stereocenters. The van der Waals surface area contributed by atoms with Crippen molar-refractivity contribution in [3.8, 4) is 22.8 Å². The molecular weight excluding hydrogens is 541 g/mol. The summed E-state index contributed by atoms with van der Waals surface area (Å²) in [6.07, 6.45) is 1.63. The number of nitrogens with one attached hydrogen (secondary N) is 1. The first kappa shape index (κ1) is 27.6. The van der Waals surface area contributed by atoms with E-state index in [1.54, 1.807) is 48.7 Å². The van der Waals surface area contributed by atoms with Crippen molar-refractivity contribution in [3.63, 3.8) is 0 Å². The smallest absolute Gasteiger partial charge is 0.343 e. The van der Waals surface area contributed by atoms with Crippen LogP contribution in [0.15, 0.2) is 71.1 Å². The zero-order valence-electron chi connectivity index (χ0n) is 21.4. The van der Waals surface area contributed by atoms with Gasteiger partial charge >= 0.3 is 5.97 Å². The highest BCUT2D eigenvalue weighted by Crippen LogP contribution is 2.33. The maximum Gasteiger partial charge on any atom is 0.343 e. The zero-order chi connectivity index (χ0) is 27.3. The summed E-state index contributed by atoms with van der Waals surface area (Å²) < 4.78 is 11.4. The van der Waals surface area contributed by atoms with Gasteiger partial charge in [0.05, 0.1) is 29.1 Å². The molecule has 3 aromatic carbocycles. The van der Waals surface area contributed by atoms with Gasteiger partial charge in [-0.15, -0.1) is 11.3 Å². The highest BCUT2D eigenvalue weighted by atomic mass is 35.5. The molecule has 0 bridgehead atoms. The molecule has 0 radical (unpaired) electrons. The number of aromatic nitrogens is 1. The lowest BCUT2D eigenvalue weighted by Gasteiger charge is -2.19. The van der Waals surface area contributed by atoms with E-state index in [2.05, 4.69) is 36.3 Å². The van der Waals surface area contributed by atoms with E-state index in [9.17, 15) is 4.79 Å². The van der Waals surface area contributed by atoms with Gasteiger partial charge in [-0.1, -0.05) is 56.1 Å². The maximum absolute atomic E-state index is 12.8. The van der Waals surface area contributed by atoms with E-state index in [0.29, 0.717) is 38.8 Å². The van der Waals surface area contributed by atoms with Crippen molar-refractivity contribution >= 4 is 51.9 Å². The van der Waals surface area contributed by atoms with Gasteiger partial charge in [-0.3, -0.25) is 5.43 Å². The average Bonchev–Trinajstić information content (AvgIpc) is 3.33. The summed E-state index contributed by atoms with van der Waals surface area (Å²) in [7, 11) is 0. The van der Waals surface area contributed by atoms with E-state index in [1.165, 1.54) is 11.3 Å². The molecule has 1 N–H and O–H groups in total. The summed E-state index contributed by atoms with van der Waals surface area (Å²) in [6, 6.07) is 18.0. The van der Waals surface area contributed by atoms with E-state index >= 15 is 0 Å². The molecule has 9 heteroatoms. The van der Waals surface area contributed by atoms with Crippen LogP contribution in [0.3, 0.4) is 0 Å². The number of anilines is 1. The quantitative estimate of drug-likeness (QED) is 0.0999. The topological polar surface area (TPSA) is 72.8 Å². The van der Waals surface area contributed by atoms with Gasteiger partial charge in [0, 0.05) is 16.0 Å². The van der Waals surface area contributed by atoms with E-state index in [4.69, 9.17) is 32.7 Å². The molecule has 0 unspecified atom stereocenters. The molecule has 0 amide bonds. The molecule has 4 rings (SSSR count). The highest BCUT2D eigenvalue weighted by molar-refractivity contribution is 7.14. The summed E-state index contributed by atoms with van der Waals surface area (Å²) in [4.78, 5) is 17.3. The number of halogens is 2. The summed E-state index contributed by atoms with van der Waals surface area (Å²) in [6.45, 7) is 8.66. The van der Waals surface area contributed by atoms with E-state index in [1.807, 2.05) is 30.5 Å². The SMILES string of the molecule is CCOc1cc(C=NNc2nc(-c3ccc(Cl)cc3Cl)cs2)ccc1OC(=O)c1ccc(C(C)(C)C)cc1. The van der Waals surface area contributed by atoms with Gasteiger partial charge in [0.1, 0.15) is 0 Å². The second-order valence-electron chi connectivity index (χ2n) is 9.39. The van der Waals surface area contributed by atoms with Crippen LogP contribution in [0.2, 0.25) is 10.0 Å². The molecule has 0 fully saturated rings. The van der Waals surface area contributed by atoms with Gasteiger partial charge in [0.2, 0.25) is 5.13 Å². The van der Waals surface area contributed by atoms with Crippen LogP contribution in [0.4, 0.5) is 5.13 Å². The standard InChI is InChI=1S/C29H27Cl2N3O3S/c1-5-36-26-14-18(6-13-25(26)37-27(35)19-7-9-20(10-8-19)29(2,3)4)16-32-34-28-33-24(17-38-28)22-12-11-21(30)15-23(22)31/h6-17H,5H2,1-4H3,(H,33,34). The fourth-order valence-corrected chi connectivity index (χ4v) is 4.70. The molecule has 38 heavy (non-hydrogen) atoms. The van der Waals surface area contributed by atoms with Crippen molar-refractivity contribution in [3.05, 3.63) is 92.8 Å². The Bertz CT molecular complexity index is 1460. The Morgan fingerprint density at radius 2 is 1.82 bits per heavy atom. The number of benzene rings is 3. The average molecular weight is 569 g/mol. The second kappa shape index (κ2) is 12.0. The number of nitrogens with zero attached hydrogens (tertiary/aromatic N) is 2. The van der Waals surface area contributed by atoms with Crippen molar-refractivity contribution in [2.24, 2.45) is 5.10 Å². The van der Waals surface area contributed by atoms with E-state index < -0.39 is 5.97 Å². The normalized spacial score (nSPS) is 11.5. The first-order valence-electron chi connectivity index (χ1n) is 11.9. The minimum atomic E-state index is -0.449. The van der Waals surface area contributed by atoms with Crippen LogP contribution in [-0.2, 0) is 5.41 Å². The molecule has 0 saturated carbocycles. The Kier molecular flexibility index (Phi) is 8.72. The molecule has 6 nitrogen and oxygen atoms in total. The molecule has 1 aromatic heterocycles. The van der Waals surface area contributed by atoms with E-state index in [0.717, 1.165) is 22.4 Å². The van der Waals surface area contributed by atoms with Gasteiger partial charge in [-0.2, -0.15) is 5.10 Å².